The lowest BCUT2D eigenvalue weighted by atomic mass is 10.0. The number of nitrogens with two attached hydrogens (primary N) is 1. The van der Waals surface area contributed by atoms with E-state index < -0.39 is 23.3 Å². The Morgan fingerprint density at radius 3 is 2.50 bits per heavy atom. The van der Waals surface area contributed by atoms with E-state index in [-0.39, 0.29) is 12.3 Å². The van der Waals surface area contributed by atoms with Crippen molar-refractivity contribution in [3.63, 3.8) is 0 Å². The molecular formula is C22H24FN3O4. The van der Waals surface area contributed by atoms with Crippen molar-refractivity contribution in [3.05, 3.63) is 76.4 Å². The molecule has 0 saturated heterocycles. The number of nitrogens with zero attached hydrogens (tertiary/aromatic N) is 1. The van der Waals surface area contributed by atoms with E-state index in [1.54, 1.807) is 45.0 Å². The number of carbonyl (C=O) groups excluding carboxylic acids is 1. The molecule has 7 nitrogen and oxygen atoms in total. The molecular weight excluding hydrogens is 389 g/mol. The fourth-order valence-corrected chi connectivity index (χ4v) is 2.83. The van der Waals surface area contributed by atoms with Gasteiger partial charge in [-0.2, -0.15) is 0 Å². The van der Waals surface area contributed by atoms with E-state index in [1.807, 2.05) is 12.1 Å². The molecule has 1 heterocycles. The molecule has 1 amide bonds. The van der Waals surface area contributed by atoms with E-state index >= 15 is 0 Å². The Hall–Kier alpha value is -3.39. The fraction of sp³-hybridized carbons (Fsp3) is 0.273. The predicted octanol–water partition coefficient (Wildman–Crippen LogP) is 3.72. The monoisotopic (exact) mass is 413 g/mol. The van der Waals surface area contributed by atoms with Crippen LogP contribution in [0.5, 0.6) is 0 Å². The summed E-state index contributed by atoms with van der Waals surface area (Å²) < 4.78 is 26.2. The van der Waals surface area contributed by atoms with Crippen LogP contribution >= 0.6 is 0 Å². The van der Waals surface area contributed by atoms with Crippen LogP contribution in [0, 0.1) is 5.82 Å². The molecule has 30 heavy (non-hydrogen) atoms. The average molecular weight is 413 g/mol. The molecule has 3 rings (SSSR count). The molecule has 0 bridgehead atoms. The first-order valence-electron chi connectivity index (χ1n) is 9.44. The molecule has 0 atom stereocenters. The SMILES string of the molecule is CC(C)(C)OC(=O)NCc1cn(-c2ccc(-c3ccc(CN)cc3)c(F)c2)c(=O)o1. The molecule has 0 radical (unpaired) electrons. The molecule has 0 aliphatic carbocycles. The minimum absolute atomic E-state index is 0.0365. The van der Waals surface area contributed by atoms with E-state index in [1.165, 1.54) is 16.8 Å². The second kappa shape index (κ2) is 8.54. The van der Waals surface area contributed by atoms with Crippen molar-refractivity contribution in [2.75, 3.05) is 0 Å². The third-order valence-electron chi connectivity index (χ3n) is 4.23. The van der Waals surface area contributed by atoms with Gasteiger partial charge in [0.25, 0.3) is 0 Å². The number of carbonyl (C=O) groups is 1. The fourth-order valence-electron chi connectivity index (χ4n) is 2.83. The maximum Gasteiger partial charge on any atom is 0.423 e. The molecule has 3 N–H and O–H groups in total. The van der Waals surface area contributed by atoms with E-state index in [2.05, 4.69) is 5.32 Å². The van der Waals surface area contributed by atoms with Gasteiger partial charge in [0.15, 0.2) is 0 Å². The van der Waals surface area contributed by atoms with Gasteiger partial charge in [0, 0.05) is 12.1 Å². The highest BCUT2D eigenvalue weighted by atomic mass is 19.1. The van der Waals surface area contributed by atoms with Crippen molar-refractivity contribution < 1.29 is 18.3 Å². The highest BCUT2D eigenvalue weighted by molar-refractivity contribution is 5.67. The molecule has 1 aromatic heterocycles. The van der Waals surface area contributed by atoms with Gasteiger partial charge in [-0.25, -0.2) is 18.5 Å². The highest BCUT2D eigenvalue weighted by Gasteiger charge is 2.17. The molecule has 2 aromatic carbocycles. The summed E-state index contributed by atoms with van der Waals surface area (Å²) >= 11 is 0. The standard InChI is InChI=1S/C22H24FN3O4/c1-22(2,3)30-20(27)25-12-17-13-26(21(28)29-17)16-8-9-18(19(23)10-16)15-6-4-14(11-24)5-7-15/h4-10,13H,11-12,24H2,1-3H3,(H,25,27). The summed E-state index contributed by atoms with van der Waals surface area (Å²) in [6.07, 6.45) is 0.776. The maximum absolute atomic E-state index is 14.7. The van der Waals surface area contributed by atoms with Crippen molar-refractivity contribution in [1.82, 2.24) is 9.88 Å². The molecule has 0 aliphatic heterocycles. The topological polar surface area (TPSA) is 99.5 Å². The first-order chi connectivity index (χ1) is 14.2. The van der Waals surface area contributed by atoms with Gasteiger partial charge >= 0.3 is 11.8 Å². The molecule has 0 fully saturated rings. The van der Waals surface area contributed by atoms with Gasteiger partial charge in [-0.1, -0.05) is 24.3 Å². The second-order valence-electron chi connectivity index (χ2n) is 7.75. The Kier molecular flexibility index (Phi) is 6.07. The zero-order valence-corrected chi connectivity index (χ0v) is 17.1. The first-order valence-corrected chi connectivity index (χ1v) is 9.44. The van der Waals surface area contributed by atoms with Gasteiger partial charge in [-0.15, -0.1) is 0 Å². The number of ether oxygens (including phenoxy) is 1. The third-order valence-corrected chi connectivity index (χ3v) is 4.23. The summed E-state index contributed by atoms with van der Waals surface area (Å²) in [6.45, 7) is 5.61. The quantitative estimate of drug-likeness (QED) is 0.664. The van der Waals surface area contributed by atoms with E-state index in [9.17, 15) is 14.0 Å². The van der Waals surface area contributed by atoms with Crippen LogP contribution in [0.4, 0.5) is 9.18 Å². The molecule has 158 valence electrons. The molecule has 8 heteroatoms. The Balaban J connectivity index is 1.77. The second-order valence-corrected chi connectivity index (χ2v) is 7.75. The zero-order chi connectivity index (χ0) is 21.9. The summed E-state index contributed by atoms with van der Waals surface area (Å²) in [6, 6.07) is 11.8. The van der Waals surface area contributed by atoms with Gasteiger partial charge in [0.1, 0.15) is 17.2 Å². The Bertz CT molecular complexity index is 1090. The number of alkyl carbamates (subject to hydrolysis) is 1. The van der Waals surface area contributed by atoms with Gasteiger partial charge < -0.3 is 20.2 Å². The lowest BCUT2D eigenvalue weighted by Gasteiger charge is -2.19. The largest absolute Gasteiger partial charge is 0.444 e. The minimum atomic E-state index is -0.685. The number of halogens is 1. The Labute approximate surface area is 173 Å². The number of hydrogen-bond donors (Lipinski definition) is 2. The number of benzene rings is 2. The van der Waals surface area contributed by atoms with Crippen LogP contribution in [0.3, 0.4) is 0 Å². The van der Waals surface area contributed by atoms with Gasteiger partial charge in [-0.3, -0.25) is 0 Å². The van der Waals surface area contributed by atoms with E-state index in [4.69, 9.17) is 14.9 Å². The van der Waals surface area contributed by atoms with Gasteiger partial charge in [0.2, 0.25) is 0 Å². The first kappa shape index (κ1) is 21.3. The number of rotatable bonds is 5. The Morgan fingerprint density at radius 2 is 1.90 bits per heavy atom. The van der Waals surface area contributed by atoms with E-state index in [0.29, 0.717) is 23.4 Å². The number of aromatic nitrogens is 1. The van der Waals surface area contributed by atoms with Gasteiger partial charge in [0.05, 0.1) is 18.4 Å². The lowest BCUT2D eigenvalue weighted by molar-refractivity contribution is 0.0519. The highest BCUT2D eigenvalue weighted by Crippen LogP contribution is 2.25. The van der Waals surface area contributed by atoms with Crippen molar-refractivity contribution in [2.45, 2.75) is 39.5 Å². The minimum Gasteiger partial charge on any atom is -0.444 e. The third kappa shape index (κ3) is 5.15. The number of nitrogens with one attached hydrogen (secondary N) is 1. The number of oxazole rings is 1. The van der Waals surface area contributed by atoms with Crippen molar-refractivity contribution in [1.29, 1.82) is 0 Å². The lowest BCUT2D eigenvalue weighted by Crippen LogP contribution is -2.32. The summed E-state index contributed by atoms with van der Waals surface area (Å²) in [4.78, 5) is 23.9. The molecule has 0 aliphatic rings. The van der Waals surface area contributed by atoms with Crippen molar-refractivity contribution >= 4 is 6.09 Å². The normalized spacial score (nSPS) is 11.4. The molecule has 3 aromatic rings. The summed E-state index contributed by atoms with van der Waals surface area (Å²) in [7, 11) is 0. The van der Waals surface area contributed by atoms with Crippen LogP contribution in [-0.4, -0.2) is 16.3 Å². The van der Waals surface area contributed by atoms with Crippen molar-refractivity contribution in [3.8, 4) is 16.8 Å². The van der Waals surface area contributed by atoms with Gasteiger partial charge in [-0.05, 0) is 50.1 Å². The van der Waals surface area contributed by atoms with Crippen LogP contribution in [0.15, 0.2) is 57.9 Å². The smallest absolute Gasteiger partial charge is 0.423 e. The van der Waals surface area contributed by atoms with Crippen LogP contribution < -0.4 is 16.8 Å². The molecule has 0 spiro atoms. The van der Waals surface area contributed by atoms with Crippen LogP contribution in [0.2, 0.25) is 0 Å². The summed E-state index contributed by atoms with van der Waals surface area (Å²) in [5, 5.41) is 2.51. The predicted molar refractivity (Wildman–Crippen MR) is 111 cm³/mol. The van der Waals surface area contributed by atoms with Crippen molar-refractivity contribution in [2.24, 2.45) is 5.73 Å². The average Bonchev–Trinajstić information content (AvgIpc) is 3.06. The summed E-state index contributed by atoms with van der Waals surface area (Å²) in [5.74, 6) is -0.947. The Morgan fingerprint density at radius 1 is 1.20 bits per heavy atom. The van der Waals surface area contributed by atoms with Crippen LogP contribution in [-0.2, 0) is 17.8 Å². The van der Waals surface area contributed by atoms with E-state index in [0.717, 1.165) is 5.56 Å². The van der Waals surface area contributed by atoms with Crippen LogP contribution in [0.1, 0.15) is 32.1 Å². The molecule has 0 saturated carbocycles. The maximum atomic E-state index is 14.7. The number of hydrogen-bond acceptors (Lipinski definition) is 5. The molecule has 0 unspecified atom stereocenters. The zero-order valence-electron chi connectivity index (χ0n) is 17.1. The number of amides is 1. The van der Waals surface area contributed by atoms with Crippen LogP contribution in [0.25, 0.3) is 16.8 Å². The summed E-state index contributed by atoms with van der Waals surface area (Å²) in [5.41, 5.74) is 7.33.